The molecular weight excluding hydrogens is 462 g/mol. The molecule has 0 saturated heterocycles. The van der Waals surface area contributed by atoms with Crippen LogP contribution in [-0.4, -0.2) is 20.9 Å². The molecule has 0 fully saturated rings. The number of benzene rings is 2. The summed E-state index contributed by atoms with van der Waals surface area (Å²) in [7, 11) is 0. The van der Waals surface area contributed by atoms with Gasteiger partial charge in [0.25, 0.3) is 0 Å². The number of aromatic nitrogens is 2. The lowest BCUT2D eigenvalue weighted by molar-refractivity contribution is 0.721. The molecule has 36 heavy (non-hydrogen) atoms. The molecule has 1 atom stereocenters. The SMILES string of the molecule is C/C=N/Nc1nccc2nc(-c3ccc([C@@H](C)N[SH+]C(C)(C)C)cc3)c(-c3ccccc3)cc12.C=C. The molecule has 2 heterocycles. The molecule has 0 unspecified atom stereocenters. The van der Waals surface area contributed by atoms with Crippen molar-refractivity contribution in [1.82, 2.24) is 14.7 Å². The number of hydrogen-bond donors (Lipinski definition) is 2. The van der Waals surface area contributed by atoms with E-state index in [-0.39, 0.29) is 10.8 Å². The van der Waals surface area contributed by atoms with Crippen LogP contribution in [-0.2, 0) is 11.9 Å². The Labute approximate surface area is 219 Å². The summed E-state index contributed by atoms with van der Waals surface area (Å²) in [6.07, 6.45) is 3.47. The van der Waals surface area contributed by atoms with Crippen LogP contribution in [0.3, 0.4) is 0 Å². The van der Waals surface area contributed by atoms with Crippen molar-refractivity contribution in [2.45, 2.75) is 45.4 Å². The van der Waals surface area contributed by atoms with Gasteiger partial charge in [0.2, 0.25) is 0 Å². The van der Waals surface area contributed by atoms with Gasteiger partial charge < -0.3 is 0 Å². The largest absolute Gasteiger partial charge is 0.261 e. The molecule has 2 N–H and O–H groups in total. The summed E-state index contributed by atoms with van der Waals surface area (Å²) < 4.78 is 3.83. The Morgan fingerprint density at radius 3 is 2.31 bits per heavy atom. The summed E-state index contributed by atoms with van der Waals surface area (Å²) in [6, 6.07) is 23.5. The fourth-order valence-electron chi connectivity index (χ4n) is 3.66. The lowest BCUT2D eigenvalue weighted by atomic mass is 9.96. The second-order valence-corrected chi connectivity index (χ2v) is 11.1. The van der Waals surface area contributed by atoms with Crippen molar-refractivity contribution in [3.63, 3.8) is 0 Å². The van der Waals surface area contributed by atoms with Crippen molar-refractivity contribution in [1.29, 1.82) is 0 Å². The number of hydrazone groups is 1. The Kier molecular flexibility index (Phi) is 9.39. The molecule has 0 spiro atoms. The Balaban J connectivity index is 0.00000176. The van der Waals surface area contributed by atoms with Crippen LogP contribution in [0.1, 0.15) is 46.2 Å². The van der Waals surface area contributed by atoms with E-state index < -0.39 is 0 Å². The van der Waals surface area contributed by atoms with E-state index in [1.54, 1.807) is 12.4 Å². The van der Waals surface area contributed by atoms with Crippen LogP contribution in [0.15, 0.2) is 91.2 Å². The van der Waals surface area contributed by atoms with E-state index in [2.05, 4.69) is 116 Å². The van der Waals surface area contributed by atoms with Crippen molar-refractivity contribution in [3.05, 3.63) is 91.6 Å². The van der Waals surface area contributed by atoms with Crippen LogP contribution >= 0.6 is 0 Å². The Hall–Kier alpha value is -3.48. The maximum absolute atomic E-state index is 5.08. The van der Waals surface area contributed by atoms with Gasteiger partial charge in [-0.25, -0.2) is 9.97 Å². The number of rotatable bonds is 7. The number of nitrogens with one attached hydrogen (secondary N) is 2. The lowest BCUT2D eigenvalue weighted by Crippen LogP contribution is -2.29. The van der Waals surface area contributed by atoms with Crippen LogP contribution in [0.2, 0.25) is 0 Å². The quantitative estimate of drug-likeness (QED) is 0.0918. The molecule has 6 heteroatoms. The summed E-state index contributed by atoms with van der Waals surface area (Å²) in [5, 5.41) is 5.10. The average Bonchev–Trinajstić information content (AvgIpc) is 2.91. The third-order valence-corrected chi connectivity index (χ3v) is 6.59. The van der Waals surface area contributed by atoms with E-state index >= 15 is 0 Å². The van der Waals surface area contributed by atoms with Crippen molar-refractivity contribution in [2.24, 2.45) is 5.10 Å². The van der Waals surface area contributed by atoms with Crippen LogP contribution in [0.5, 0.6) is 0 Å². The molecule has 2 aromatic heterocycles. The maximum atomic E-state index is 5.08. The third-order valence-electron chi connectivity index (χ3n) is 5.41. The molecule has 2 aromatic carbocycles. The highest BCUT2D eigenvalue weighted by Gasteiger charge is 2.22. The first-order valence-corrected chi connectivity index (χ1v) is 12.9. The highest BCUT2D eigenvalue weighted by Crippen LogP contribution is 2.35. The van der Waals surface area contributed by atoms with Crippen LogP contribution < -0.4 is 10.1 Å². The van der Waals surface area contributed by atoms with Crippen LogP contribution in [0, 0.1) is 0 Å². The van der Waals surface area contributed by atoms with Gasteiger partial charge in [0, 0.05) is 28.9 Å². The summed E-state index contributed by atoms with van der Waals surface area (Å²) in [6.45, 7) is 16.8. The van der Waals surface area contributed by atoms with Crippen molar-refractivity contribution in [2.75, 3.05) is 5.43 Å². The smallest absolute Gasteiger partial charge is 0.155 e. The minimum absolute atomic E-state index is 0.221. The summed E-state index contributed by atoms with van der Waals surface area (Å²) in [5.74, 6) is 0.695. The van der Waals surface area contributed by atoms with Gasteiger partial charge >= 0.3 is 0 Å². The number of hydrogen-bond acceptors (Lipinski definition) is 5. The molecule has 0 aliphatic rings. The number of thiol groups is 1. The molecule has 0 aliphatic heterocycles. The fourth-order valence-corrected chi connectivity index (χ4v) is 4.39. The highest BCUT2D eigenvalue weighted by atomic mass is 32.2. The van der Waals surface area contributed by atoms with E-state index in [1.807, 2.05) is 19.1 Å². The average molecular weight is 499 g/mol. The Morgan fingerprint density at radius 2 is 1.67 bits per heavy atom. The predicted octanol–water partition coefficient (Wildman–Crippen LogP) is 7.36. The van der Waals surface area contributed by atoms with Crippen molar-refractivity contribution in [3.8, 4) is 22.4 Å². The number of pyridine rings is 2. The van der Waals surface area contributed by atoms with Gasteiger partial charge in [-0.3, -0.25) is 5.43 Å². The fraction of sp³-hybridized carbons (Fsp3) is 0.233. The molecule has 0 radical (unpaired) electrons. The zero-order valence-electron chi connectivity index (χ0n) is 21.8. The number of fused-ring (bicyclic) bond motifs is 1. The first-order valence-electron chi connectivity index (χ1n) is 12.0. The molecule has 4 aromatic rings. The molecule has 186 valence electrons. The first kappa shape index (κ1) is 27.1. The van der Waals surface area contributed by atoms with Crippen molar-refractivity contribution < 1.29 is 0 Å². The van der Waals surface area contributed by atoms with E-state index in [0.717, 1.165) is 33.3 Å². The highest BCUT2D eigenvalue weighted by molar-refractivity contribution is 7.77. The van der Waals surface area contributed by atoms with Crippen LogP contribution in [0.4, 0.5) is 5.82 Å². The zero-order valence-corrected chi connectivity index (χ0v) is 22.7. The van der Waals surface area contributed by atoms with Gasteiger partial charge in [-0.15, -0.1) is 17.9 Å². The third kappa shape index (κ3) is 6.80. The van der Waals surface area contributed by atoms with Gasteiger partial charge in [0.05, 0.1) is 29.2 Å². The van der Waals surface area contributed by atoms with E-state index in [9.17, 15) is 0 Å². The van der Waals surface area contributed by atoms with Crippen molar-refractivity contribution >= 4 is 34.9 Å². The monoisotopic (exact) mass is 498 g/mol. The first-order chi connectivity index (χ1) is 17.4. The minimum Gasteiger partial charge on any atom is -0.261 e. The molecule has 4 rings (SSSR count). The molecule has 0 bridgehead atoms. The molecule has 0 amide bonds. The molecule has 0 aliphatic carbocycles. The zero-order chi connectivity index (χ0) is 26.1. The second kappa shape index (κ2) is 12.5. The van der Waals surface area contributed by atoms with Crippen LogP contribution in [0.25, 0.3) is 33.3 Å². The van der Waals surface area contributed by atoms with Gasteiger partial charge in [0.1, 0.15) is 4.75 Å². The summed E-state index contributed by atoms with van der Waals surface area (Å²) in [4.78, 5) is 9.56. The number of nitrogens with zero attached hydrogens (tertiary/aromatic N) is 3. The lowest BCUT2D eigenvalue weighted by Gasteiger charge is -2.16. The van der Waals surface area contributed by atoms with Gasteiger partial charge in [0.15, 0.2) is 5.82 Å². The molecule has 5 nitrogen and oxygen atoms in total. The van der Waals surface area contributed by atoms with E-state index in [1.165, 1.54) is 17.5 Å². The summed E-state index contributed by atoms with van der Waals surface area (Å²) in [5.41, 5.74) is 9.38. The Morgan fingerprint density at radius 1 is 0.972 bits per heavy atom. The minimum atomic E-state index is 0.221. The normalized spacial score (nSPS) is 12.2. The number of anilines is 1. The standard InChI is InChI=1S/C28H31N5S.C2H4/c1-6-30-32-27-24-18-23(21-10-8-7-9-11-21)26(31-25(24)16-17-29-27)22-14-12-20(13-15-22)19(2)33-34-28(3,4)5;1-2/h6-19,33H,1-5H3,(H,29,32);1-2H2/p+1/b30-6+;/t19-;/m1./s1. The predicted molar refractivity (Wildman–Crippen MR) is 160 cm³/mol. The van der Waals surface area contributed by atoms with Gasteiger partial charge in [-0.05, 0) is 57.9 Å². The van der Waals surface area contributed by atoms with Gasteiger partial charge in [-0.2, -0.15) is 5.10 Å². The molecule has 0 saturated carbocycles. The summed E-state index contributed by atoms with van der Waals surface area (Å²) >= 11 is 1.23. The topological polar surface area (TPSA) is 62.2 Å². The maximum Gasteiger partial charge on any atom is 0.155 e. The van der Waals surface area contributed by atoms with E-state index in [0.29, 0.717) is 5.82 Å². The Bertz CT molecular complexity index is 1290. The van der Waals surface area contributed by atoms with Gasteiger partial charge in [-0.1, -0.05) is 54.6 Å². The second-order valence-electron chi connectivity index (χ2n) is 9.23. The van der Waals surface area contributed by atoms with E-state index in [4.69, 9.17) is 4.98 Å². The molecular formula is C30H36N5S+.